The third kappa shape index (κ3) is 2.35. The van der Waals surface area contributed by atoms with Crippen molar-refractivity contribution in [3.8, 4) is 0 Å². The van der Waals surface area contributed by atoms with E-state index in [-0.39, 0.29) is 24.2 Å². The smallest absolute Gasteiger partial charge is 0.367 e. The molecule has 0 aliphatic carbocycles. The van der Waals surface area contributed by atoms with Gasteiger partial charge in [-0.15, -0.1) is 5.06 Å². The first-order chi connectivity index (χ1) is 8.49. The van der Waals surface area contributed by atoms with Gasteiger partial charge in [0.05, 0.1) is 0 Å². The number of amides is 2. The first-order valence-corrected chi connectivity index (χ1v) is 5.67. The van der Waals surface area contributed by atoms with Crippen LogP contribution >= 0.6 is 0 Å². The highest BCUT2D eigenvalue weighted by atomic mass is 27.0. The van der Waals surface area contributed by atoms with Gasteiger partial charge in [0.1, 0.15) is 11.4 Å². The van der Waals surface area contributed by atoms with Crippen molar-refractivity contribution < 1.29 is 19.2 Å². The number of aromatic nitrogens is 1. The van der Waals surface area contributed by atoms with Gasteiger partial charge in [-0.25, -0.2) is 4.79 Å². The van der Waals surface area contributed by atoms with Gasteiger partial charge in [0.15, 0.2) is 0 Å². The van der Waals surface area contributed by atoms with E-state index in [9.17, 15) is 14.4 Å². The molecule has 18 heavy (non-hydrogen) atoms. The van der Waals surface area contributed by atoms with Gasteiger partial charge >= 0.3 is 5.97 Å². The first-order valence-electron chi connectivity index (χ1n) is 5.09. The second-order valence-electron chi connectivity index (χ2n) is 3.63. The van der Waals surface area contributed by atoms with E-state index < -0.39 is 17.8 Å². The van der Waals surface area contributed by atoms with Crippen molar-refractivity contribution >= 4 is 44.4 Å². The van der Waals surface area contributed by atoms with Crippen molar-refractivity contribution in [3.05, 3.63) is 17.7 Å². The molecule has 1 saturated heterocycles. The summed E-state index contributed by atoms with van der Waals surface area (Å²) in [5.74, 6) is -1.98. The average Bonchev–Trinajstić information content (AvgIpc) is 2.60. The molecule has 2 rings (SSSR count). The van der Waals surface area contributed by atoms with Crippen LogP contribution < -0.4 is 10.3 Å². The maximum atomic E-state index is 11.7. The van der Waals surface area contributed by atoms with Crippen LogP contribution in [0.4, 0.5) is 5.82 Å². The lowest BCUT2D eigenvalue weighted by Gasteiger charge is -2.13. The van der Waals surface area contributed by atoms with Crippen LogP contribution in [-0.4, -0.2) is 44.1 Å². The SMILES string of the molecule is Nc1n[c]([Al])ccc1C(=O)ON1C(=O)CCC1=O. The van der Waals surface area contributed by atoms with Gasteiger partial charge in [-0.1, -0.05) is 10.6 Å². The van der Waals surface area contributed by atoms with E-state index in [0.29, 0.717) is 9.62 Å². The summed E-state index contributed by atoms with van der Waals surface area (Å²) in [5, 5.41) is 0.469. The summed E-state index contributed by atoms with van der Waals surface area (Å²) in [6.45, 7) is 0. The minimum Gasteiger partial charge on any atom is -0.383 e. The third-order valence-corrected chi connectivity index (χ3v) is 2.67. The van der Waals surface area contributed by atoms with Crippen molar-refractivity contribution in [2.24, 2.45) is 0 Å². The van der Waals surface area contributed by atoms with Gasteiger partial charge in [0.25, 0.3) is 11.8 Å². The second-order valence-corrected chi connectivity index (χ2v) is 4.22. The molecule has 2 N–H and O–H groups in total. The number of hydrogen-bond donors (Lipinski definition) is 1. The van der Waals surface area contributed by atoms with Crippen LogP contribution in [0, 0.1) is 0 Å². The summed E-state index contributed by atoms with van der Waals surface area (Å²) in [7, 11) is 0. The van der Waals surface area contributed by atoms with E-state index in [0.717, 1.165) is 0 Å². The Morgan fingerprint density at radius 2 is 1.94 bits per heavy atom. The number of imide groups is 1. The van der Waals surface area contributed by atoms with E-state index in [2.05, 4.69) is 21.3 Å². The fourth-order valence-electron chi connectivity index (χ4n) is 1.45. The van der Waals surface area contributed by atoms with Gasteiger partial charge in [-0.3, -0.25) is 14.6 Å². The van der Waals surface area contributed by atoms with Gasteiger partial charge in [0, 0.05) is 12.8 Å². The number of nitrogens with two attached hydrogens (primary N) is 1. The highest BCUT2D eigenvalue weighted by molar-refractivity contribution is 6.30. The van der Waals surface area contributed by atoms with Crippen molar-refractivity contribution in [1.82, 2.24) is 10.0 Å². The number of carbonyl (C=O) groups is 3. The summed E-state index contributed by atoms with van der Waals surface area (Å²) in [5.41, 5.74) is 5.56. The maximum absolute atomic E-state index is 11.7. The van der Waals surface area contributed by atoms with Crippen molar-refractivity contribution in [2.75, 3.05) is 5.73 Å². The Hall–Kier alpha value is -1.91. The predicted octanol–water partition coefficient (Wildman–Crippen LogP) is -1.32. The Kier molecular flexibility index (Phi) is 3.32. The number of pyridine rings is 1. The average molecular weight is 261 g/mol. The number of hydrogen-bond acceptors (Lipinski definition) is 6. The highest BCUT2D eigenvalue weighted by Gasteiger charge is 2.33. The van der Waals surface area contributed by atoms with E-state index in [1.807, 2.05) is 0 Å². The molecule has 1 aromatic rings. The molecule has 0 spiro atoms. The molecule has 8 heteroatoms. The Bertz CT molecular complexity index is 530. The molecule has 1 aliphatic heterocycles. The van der Waals surface area contributed by atoms with Crippen molar-refractivity contribution in [1.29, 1.82) is 0 Å². The number of hydroxylamine groups is 2. The number of nitrogen functional groups attached to an aromatic ring is 1. The number of anilines is 1. The maximum Gasteiger partial charge on any atom is 0.367 e. The molecule has 0 unspecified atom stereocenters. The number of carbonyl (C=O) groups excluding carboxylic acids is 3. The highest BCUT2D eigenvalue weighted by Crippen LogP contribution is 2.15. The molecule has 2 heterocycles. The molecule has 0 aromatic carbocycles. The lowest BCUT2D eigenvalue weighted by atomic mass is 10.2. The zero-order valence-corrected chi connectivity index (χ0v) is 10.4. The summed E-state index contributed by atoms with van der Waals surface area (Å²) in [6, 6.07) is 2.96. The largest absolute Gasteiger partial charge is 0.383 e. The van der Waals surface area contributed by atoms with E-state index in [1.165, 1.54) is 6.07 Å². The van der Waals surface area contributed by atoms with E-state index >= 15 is 0 Å². The zero-order chi connectivity index (χ0) is 13.3. The Morgan fingerprint density at radius 1 is 1.33 bits per heavy atom. The molecule has 2 radical (unpaired) electrons. The molecule has 90 valence electrons. The molecule has 1 fully saturated rings. The van der Waals surface area contributed by atoms with Crippen molar-refractivity contribution in [3.63, 3.8) is 0 Å². The van der Waals surface area contributed by atoms with Gasteiger partial charge in [-0.05, 0) is 6.07 Å². The molecular formula is C10H8AlN3O4. The molecule has 7 nitrogen and oxygen atoms in total. The first kappa shape index (κ1) is 12.5. The minimum absolute atomic E-state index is 0.00806. The van der Waals surface area contributed by atoms with Crippen molar-refractivity contribution in [2.45, 2.75) is 12.8 Å². The van der Waals surface area contributed by atoms with Gasteiger partial charge in [0.2, 0.25) is 16.3 Å². The van der Waals surface area contributed by atoms with Crippen LogP contribution in [0.2, 0.25) is 0 Å². The molecular weight excluding hydrogens is 253 g/mol. The number of rotatable bonds is 2. The Labute approximate surface area is 110 Å². The Balaban J connectivity index is 2.17. The lowest BCUT2D eigenvalue weighted by Crippen LogP contribution is -2.32. The second kappa shape index (κ2) is 4.76. The zero-order valence-electron chi connectivity index (χ0n) is 9.25. The Morgan fingerprint density at radius 3 is 2.50 bits per heavy atom. The minimum atomic E-state index is -0.881. The molecule has 0 bridgehead atoms. The molecule has 0 atom stereocenters. The summed E-state index contributed by atoms with van der Waals surface area (Å²) >= 11 is 2.33. The number of nitrogens with zero attached hydrogens (tertiary/aromatic N) is 2. The van der Waals surface area contributed by atoms with Crippen LogP contribution in [0.25, 0.3) is 0 Å². The molecule has 2 amide bonds. The molecule has 1 aliphatic rings. The van der Waals surface area contributed by atoms with E-state index in [1.54, 1.807) is 6.07 Å². The quantitative estimate of drug-likeness (QED) is 0.523. The van der Waals surface area contributed by atoms with Gasteiger partial charge < -0.3 is 10.6 Å². The predicted molar refractivity (Wildman–Crippen MR) is 60.5 cm³/mol. The standard InChI is InChI=1S/C10H8N3O4.Al/c11-9-6(2-1-5-12-9)10(16)17-13-7(14)3-4-8(13)15;/h1-2H,3-4H2,(H2,11,12);. The fraction of sp³-hybridized carbons (Fsp3) is 0.200. The van der Waals surface area contributed by atoms with E-state index in [4.69, 9.17) is 10.6 Å². The summed E-state index contributed by atoms with van der Waals surface area (Å²) in [4.78, 5) is 42.8. The summed E-state index contributed by atoms with van der Waals surface area (Å²) in [6.07, 6.45) is 0.0920. The monoisotopic (exact) mass is 261 g/mol. The van der Waals surface area contributed by atoms with Crippen LogP contribution in [0.3, 0.4) is 0 Å². The third-order valence-electron chi connectivity index (χ3n) is 2.35. The summed E-state index contributed by atoms with van der Waals surface area (Å²) < 4.78 is 0.567. The topological polar surface area (TPSA) is 103 Å². The lowest BCUT2D eigenvalue weighted by molar-refractivity contribution is -0.172. The fourth-order valence-corrected chi connectivity index (χ4v) is 1.69. The molecule has 1 aromatic heterocycles. The van der Waals surface area contributed by atoms with Crippen LogP contribution in [0.15, 0.2) is 12.1 Å². The van der Waals surface area contributed by atoms with Crippen LogP contribution in [0.1, 0.15) is 23.2 Å². The normalized spacial score (nSPS) is 15.0. The van der Waals surface area contributed by atoms with Crippen LogP contribution in [0.5, 0.6) is 0 Å². The molecule has 0 saturated carbocycles. The van der Waals surface area contributed by atoms with Crippen LogP contribution in [-0.2, 0) is 14.4 Å². The van der Waals surface area contributed by atoms with Gasteiger partial charge in [-0.2, -0.15) is 0 Å².